The van der Waals surface area contributed by atoms with Gasteiger partial charge in [0.05, 0.1) is 4.88 Å². The van der Waals surface area contributed by atoms with Crippen molar-refractivity contribution in [2.75, 3.05) is 26.2 Å². The second-order valence-electron chi connectivity index (χ2n) is 6.02. The van der Waals surface area contributed by atoms with Crippen molar-refractivity contribution >= 4 is 17.2 Å². The number of benzene rings is 1. The van der Waals surface area contributed by atoms with Crippen LogP contribution in [0.1, 0.15) is 27.2 Å². The first-order chi connectivity index (χ1) is 10.8. The van der Waals surface area contributed by atoms with Crippen molar-refractivity contribution in [1.29, 1.82) is 0 Å². The van der Waals surface area contributed by atoms with Crippen molar-refractivity contribution in [2.24, 2.45) is 0 Å². The van der Waals surface area contributed by atoms with Gasteiger partial charge in [-0.3, -0.25) is 4.79 Å². The molecule has 2 heterocycles. The van der Waals surface area contributed by atoms with E-state index < -0.39 is 0 Å². The summed E-state index contributed by atoms with van der Waals surface area (Å²) < 4.78 is 0. The number of aryl methyl sites for hydroxylation is 2. The fraction of sp³-hybridized carbons (Fsp3) is 0.389. The van der Waals surface area contributed by atoms with Crippen LogP contribution >= 0.6 is 11.3 Å². The van der Waals surface area contributed by atoms with E-state index in [-0.39, 0.29) is 5.91 Å². The van der Waals surface area contributed by atoms with Crippen LogP contribution in [-0.2, 0) is 12.8 Å². The molecule has 1 fully saturated rings. The molecule has 22 heavy (non-hydrogen) atoms. The van der Waals surface area contributed by atoms with Crippen molar-refractivity contribution < 1.29 is 4.79 Å². The van der Waals surface area contributed by atoms with Crippen LogP contribution in [-0.4, -0.2) is 37.0 Å². The Labute approximate surface area is 135 Å². The fourth-order valence-electron chi connectivity index (χ4n) is 3.38. The lowest BCUT2D eigenvalue weighted by Gasteiger charge is -2.18. The summed E-state index contributed by atoms with van der Waals surface area (Å²) in [5.41, 5.74) is 4.08. The number of rotatable bonds is 1. The molecule has 3 nitrogen and oxygen atoms in total. The van der Waals surface area contributed by atoms with E-state index in [1.54, 1.807) is 11.3 Å². The van der Waals surface area contributed by atoms with Gasteiger partial charge < -0.3 is 10.2 Å². The van der Waals surface area contributed by atoms with Gasteiger partial charge in [-0.25, -0.2) is 0 Å². The second kappa shape index (κ2) is 5.86. The molecule has 2 aromatic rings. The van der Waals surface area contributed by atoms with Crippen LogP contribution in [0.2, 0.25) is 0 Å². The predicted molar refractivity (Wildman–Crippen MR) is 90.6 cm³/mol. The number of hydrogen-bond acceptors (Lipinski definition) is 3. The number of fused-ring (bicyclic) bond motifs is 3. The predicted octanol–water partition coefficient (Wildman–Crippen LogP) is 2.95. The summed E-state index contributed by atoms with van der Waals surface area (Å²) in [4.78, 5) is 17.0. The summed E-state index contributed by atoms with van der Waals surface area (Å²) in [7, 11) is 0. The van der Waals surface area contributed by atoms with E-state index in [9.17, 15) is 4.79 Å². The summed E-state index contributed by atoms with van der Waals surface area (Å²) in [5.74, 6) is 0.209. The SMILES string of the molecule is O=C(c1cc2c(s1)-c1ccccc1CC2)N1CCCNCC1. The molecule has 0 radical (unpaired) electrons. The Bertz CT molecular complexity index is 699. The molecule has 1 aromatic carbocycles. The van der Waals surface area contributed by atoms with E-state index >= 15 is 0 Å². The highest BCUT2D eigenvalue weighted by atomic mass is 32.1. The summed E-state index contributed by atoms with van der Waals surface area (Å²) >= 11 is 1.67. The maximum atomic E-state index is 12.8. The highest BCUT2D eigenvalue weighted by Crippen LogP contribution is 2.39. The normalized spacial score (nSPS) is 17.5. The number of hydrogen-bond donors (Lipinski definition) is 1. The molecule has 2 aliphatic rings. The van der Waals surface area contributed by atoms with Crippen LogP contribution in [0.3, 0.4) is 0 Å². The molecular formula is C18H20N2OS. The van der Waals surface area contributed by atoms with Crippen LogP contribution in [0.4, 0.5) is 0 Å². The molecule has 0 saturated carbocycles. The Morgan fingerprint density at radius 2 is 1.95 bits per heavy atom. The maximum Gasteiger partial charge on any atom is 0.263 e. The van der Waals surface area contributed by atoms with E-state index in [1.807, 2.05) is 4.90 Å². The minimum Gasteiger partial charge on any atom is -0.337 e. The van der Waals surface area contributed by atoms with Crippen molar-refractivity contribution in [3.8, 4) is 10.4 Å². The topological polar surface area (TPSA) is 32.3 Å². The zero-order valence-corrected chi connectivity index (χ0v) is 13.4. The summed E-state index contributed by atoms with van der Waals surface area (Å²) in [5, 5.41) is 3.36. The van der Waals surface area contributed by atoms with E-state index in [0.29, 0.717) is 0 Å². The number of carbonyl (C=O) groups is 1. The van der Waals surface area contributed by atoms with E-state index in [1.165, 1.54) is 21.6 Å². The lowest BCUT2D eigenvalue weighted by Crippen LogP contribution is -2.33. The van der Waals surface area contributed by atoms with Gasteiger partial charge in [-0.1, -0.05) is 24.3 Å². The maximum absolute atomic E-state index is 12.8. The van der Waals surface area contributed by atoms with Gasteiger partial charge in [0.1, 0.15) is 0 Å². The average molecular weight is 312 g/mol. The van der Waals surface area contributed by atoms with E-state index in [2.05, 4.69) is 35.6 Å². The zero-order chi connectivity index (χ0) is 14.9. The minimum absolute atomic E-state index is 0.209. The van der Waals surface area contributed by atoms with Crippen molar-refractivity contribution in [1.82, 2.24) is 10.2 Å². The molecule has 1 aliphatic carbocycles. The fourth-order valence-corrected chi connectivity index (χ4v) is 4.62. The van der Waals surface area contributed by atoms with E-state index in [0.717, 1.165) is 50.3 Å². The van der Waals surface area contributed by atoms with Gasteiger partial charge in [0.15, 0.2) is 0 Å². The van der Waals surface area contributed by atoms with Gasteiger partial charge in [-0.2, -0.15) is 0 Å². The first kappa shape index (κ1) is 14.0. The van der Waals surface area contributed by atoms with Crippen LogP contribution < -0.4 is 5.32 Å². The largest absolute Gasteiger partial charge is 0.337 e. The third kappa shape index (κ3) is 2.46. The summed E-state index contributed by atoms with van der Waals surface area (Å²) in [6.07, 6.45) is 3.18. The van der Waals surface area contributed by atoms with E-state index in [4.69, 9.17) is 0 Å². The van der Waals surface area contributed by atoms with Crippen LogP contribution in [0.25, 0.3) is 10.4 Å². The van der Waals surface area contributed by atoms with Crippen LogP contribution in [0.5, 0.6) is 0 Å². The highest BCUT2D eigenvalue weighted by molar-refractivity contribution is 7.17. The van der Waals surface area contributed by atoms with Crippen molar-refractivity contribution in [2.45, 2.75) is 19.3 Å². The van der Waals surface area contributed by atoms with Crippen LogP contribution in [0.15, 0.2) is 30.3 Å². The quantitative estimate of drug-likeness (QED) is 0.878. The third-order valence-electron chi connectivity index (χ3n) is 4.57. The molecule has 0 atom stereocenters. The molecule has 1 saturated heterocycles. The number of nitrogens with one attached hydrogen (secondary N) is 1. The Kier molecular flexibility index (Phi) is 3.72. The highest BCUT2D eigenvalue weighted by Gasteiger charge is 2.24. The van der Waals surface area contributed by atoms with Gasteiger partial charge in [0.25, 0.3) is 5.91 Å². The summed E-state index contributed by atoms with van der Waals surface area (Å²) in [6, 6.07) is 10.7. The molecular weight excluding hydrogens is 292 g/mol. The molecule has 4 rings (SSSR count). The Balaban J connectivity index is 1.65. The van der Waals surface area contributed by atoms with Gasteiger partial charge in [-0.05, 0) is 48.6 Å². The smallest absolute Gasteiger partial charge is 0.263 e. The Morgan fingerprint density at radius 3 is 2.91 bits per heavy atom. The molecule has 114 valence electrons. The first-order valence-electron chi connectivity index (χ1n) is 8.04. The molecule has 1 amide bonds. The van der Waals surface area contributed by atoms with Gasteiger partial charge in [0.2, 0.25) is 0 Å². The first-order valence-corrected chi connectivity index (χ1v) is 8.85. The zero-order valence-electron chi connectivity index (χ0n) is 12.6. The molecule has 0 spiro atoms. The van der Waals surface area contributed by atoms with Gasteiger partial charge in [0, 0.05) is 24.5 Å². The number of carbonyl (C=O) groups excluding carboxylic acids is 1. The second-order valence-corrected chi connectivity index (χ2v) is 7.07. The van der Waals surface area contributed by atoms with Gasteiger partial charge >= 0.3 is 0 Å². The van der Waals surface area contributed by atoms with Gasteiger partial charge in [-0.15, -0.1) is 11.3 Å². The van der Waals surface area contributed by atoms with Crippen LogP contribution in [0, 0.1) is 0 Å². The molecule has 1 N–H and O–H groups in total. The molecule has 0 bridgehead atoms. The molecule has 4 heteroatoms. The lowest BCUT2D eigenvalue weighted by atomic mass is 9.91. The average Bonchev–Trinajstić information content (AvgIpc) is 2.81. The molecule has 0 unspecified atom stereocenters. The number of amides is 1. The Morgan fingerprint density at radius 1 is 1.09 bits per heavy atom. The number of nitrogens with zero attached hydrogens (tertiary/aromatic N) is 1. The molecule has 1 aliphatic heterocycles. The van der Waals surface area contributed by atoms with Crippen molar-refractivity contribution in [3.05, 3.63) is 46.3 Å². The standard InChI is InChI=1S/C18H20N2OS/c21-18(20-10-3-8-19-9-11-20)16-12-14-7-6-13-4-1-2-5-15(13)17(14)22-16/h1-2,4-5,12,19H,3,6-11H2. The summed E-state index contributed by atoms with van der Waals surface area (Å²) in [6.45, 7) is 3.60. The van der Waals surface area contributed by atoms with Crippen molar-refractivity contribution in [3.63, 3.8) is 0 Å². The Hall–Kier alpha value is -1.65. The number of thiophene rings is 1. The third-order valence-corrected chi connectivity index (χ3v) is 5.77. The lowest BCUT2D eigenvalue weighted by molar-refractivity contribution is 0.0771. The minimum atomic E-state index is 0.209. The molecule has 1 aromatic heterocycles. The monoisotopic (exact) mass is 312 g/mol.